The summed E-state index contributed by atoms with van der Waals surface area (Å²) >= 11 is 0. The molecule has 0 bridgehead atoms. The highest BCUT2D eigenvalue weighted by atomic mass is 16.5. The van der Waals surface area contributed by atoms with E-state index in [1.807, 2.05) is 6.92 Å². The Kier molecular flexibility index (Phi) is 4.63. The third-order valence-corrected chi connectivity index (χ3v) is 2.43. The van der Waals surface area contributed by atoms with Gasteiger partial charge in [0.25, 0.3) is 0 Å². The van der Waals surface area contributed by atoms with Crippen LogP contribution >= 0.6 is 0 Å². The van der Waals surface area contributed by atoms with Crippen LogP contribution in [0, 0.1) is 0 Å². The van der Waals surface area contributed by atoms with Gasteiger partial charge >= 0.3 is 0 Å². The van der Waals surface area contributed by atoms with Crippen LogP contribution in [0.5, 0.6) is 0 Å². The second-order valence-electron chi connectivity index (χ2n) is 3.45. The molecule has 0 fully saturated rings. The Balaban J connectivity index is 2.59. The minimum Gasteiger partial charge on any atom is -0.396 e. The highest BCUT2D eigenvalue weighted by molar-refractivity contribution is 5.24. The molecule has 0 spiro atoms. The number of aryl methyl sites for hydroxylation is 1. The molecule has 2 heteroatoms. The largest absolute Gasteiger partial charge is 0.396 e. The summed E-state index contributed by atoms with van der Waals surface area (Å²) in [5.41, 5.74) is 2.46. The van der Waals surface area contributed by atoms with Gasteiger partial charge in [-0.05, 0) is 30.9 Å². The predicted octanol–water partition coefficient (Wildman–Crippen LogP) is 2.32. The molecule has 1 aromatic carbocycles. The van der Waals surface area contributed by atoms with Gasteiger partial charge in [-0.3, -0.25) is 0 Å². The molecule has 0 aromatic heterocycles. The van der Waals surface area contributed by atoms with Crippen LogP contribution in [-0.4, -0.2) is 18.8 Å². The Labute approximate surface area is 85.5 Å². The summed E-state index contributed by atoms with van der Waals surface area (Å²) in [5, 5.41) is 8.69. The van der Waals surface area contributed by atoms with E-state index >= 15 is 0 Å². The maximum atomic E-state index is 8.69. The van der Waals surface area contributed by atoms with Crippen LogP contribution in [0.15, 0.2) is 24.3 Å². The molecule has 2 nitrogen and oxygen atoms in total. The van der Waals surface area contributed by atoms with Gasteiger partial charge in [0.2, 0.25) is 0 Å². The van der Waals surface area contributed by atoms with Crippen molar-refractivity contribution >= 4 is 0 Å². The number of ether oxygens (including phenoxy) is 1. The van der Waals surface area contributed by atoms with Gasteiger partial charge in [-0.2, -0.15) is 0 Å². The van der Waals surface area contributed by atoms with Gasteiger partial charge in [-0.25, -0.2) is 0 Å². The van der Waals surface area contributed by atoms with Crippen molar-refractivity contribution in [3.05, 3.63) is 35.4 Å². The first-order chi connectivity index (χ1) is 6.77. The molecule has 0 aliphatic rings. The molecule has 0 saturated heterocycles. The second-order valence-corrected chi connectivity index (χ2v) is 3.45. The van der Waals surface area contributed by atoms with Crippen LogP contribution in [0.4, 0.5) is 0 Å². The van der Waals surface area contributed by atoms with E-state index in [-0.39, 0.29) is 12.7 Å². The van der Waals surface area contributed by atoms with Crippen LogP contribution in [-0.2, 0) is 11.2 Å². The van der Waals surface area contributed by atoms with Gasteiger partial charge in [0.15, 0.2) is 0 Å². The maximum absolute atomic E-state index is 8.69. The lowest BCUT2D eigenvalue weighted by molar-refractivity contribution is 0.119. The molecule has 14 heavy (non-hydrogen) atoms. The van der Waals surface area contributed by atoms with E-state index in [4.69, 9.17) is 9.84 Å². The fourth-order valence-electron chi connectivity index (χ4n) is 1.37. The minimum atomic E-state index is 0.155. The van der Waals surface area contributed by atoms with Crippen LogP contribution in [0.3, 0.4) is 0 Å². The Morgan fingerprint density at radius 3 is 2.43 bits per heavy atom. The molecule has 1 N–H and O–H groups in total. The summed E-state index contributed by atoms with van der Waals surface area (Å²) in [6.07, 6.45) is 1.93. The molecule has 1 aromatic rings. The summed E-state index contributed by atoms with van der Waals surface area (Å²) in [5.74, 6) is 0. The van der Waals surface area contributed by atoms with Gasteiger partial charge < -0.3 is 9.84 Å². The summed E-state index contributed by atoms with van der Waals surface area (Å²) in [7, 11) is 1.71. The summed E-state index contributed by atoms with van der Waals surface area (Å²) in [6.45, 7) is 2.29. The third kappa shape index (κ3) is 3.13. The average molecular weight is 194 g/mol. The lowest BCUT2D eigenvalue weighted by Gasteiger charge is -2.10. The van der Waals surface area contributed by atoms with E-state index in [1.165, 1.54) is 11.1 Å². The lowest BCUT2D eigenvalue weighted by Crippen LogP contribution is -1.96. The first-order valence-corrected chi connectivity index (χ1v) is 5.00. The first-order valence-electron chi connectivity index (χ1n) is 5.00. The molecule has 0 saturated carbocycles. The van der Waals surface area contributed by atoms with Crippen LogP contribution < -0.4 is 0 Å². The van der Waals surface area contributed by atoms with Gasteiger partial charge in [0, 0.05) is 13.7 Å². The summed E-state index contributed by atoms with van der Waals surface area (Å²) < 4.78 is 5.22. The Hall–Kier alpha value is -0.860. The van der Waals surface area contributed by atoms with E-state index in [2.05, 4.69) is 24.3 Å². The van der Waals surface area contributed by atoms with E-state index in [0.717, 1.165) is 12.8 Å². The highest BCUT2D eigenvalue weighted by Gasteiger charge is 2.02. The van der Waals surface area contributed by atoms with Crippen molar-refractivity contribution < 1.29 is 9.84 Å². The molecule has 1 atom stereocenters. The number of hydrogen-bond acceptors (Lipinski definition) is 2. The van der Waals surface area contributed by atoms with Crippen LogP contribution in [0.25, 0.3) is 0 Å². The van der Waals surface area contributed by atoms with Crippen molar-refractivity contribution in [3.63, 3.8) is 0 Å². The number of rotatable bonds is 5. The monoisotopic (exact) mass is 194 g/mol. The molecule has 0 aliphatic carbocycles. The quantitative estimate of drug-likeness (QED) is 0.779. The van der Waals surface area contributed by atoms with Gasteiger partial charge in [0.1, 0.15) is 0 Å². The van der Waals surface area contributed by atoms with E-state index in [0.29, 0.717) is 0 Å². The first kappa shape index (κ1) is 11.2. The standard InChI is InChI=1S/C12H18O2/c1-10(14-2)12-7-5-11(6-8-12)4-3-9-13/h5-8,10,13H,3-4,9H2,1-2H3. The molecular weight excluding hydrogens is 176 g/mol. The fraction of sp³-hybridized carbons (Fsp3) is 0.500. The average Bonchev–Trinajstić information content (AvgIpc) is 2.26. The Morgan fingerprint density at radius 1 is 1.29 bits per heavy atom. The normalized spacial score (nSPS) is 12.8. The van der Waals surface area contributed by atoms with Crippen molar-refractivity contribution in [1.29, 1.82) is 0 Å². The molecule has 1 unspecified atom stereocenters. The van der Waals surface area contributed by atoms with E-state index < -0.39 is 0 Å². The van der Waals surface area contributed by atoms with Crippen molar-refractivity contribution in [1.82, 2.24) is 0 Å². The van der Waals surface area contributed by atoms with Crippen molar-refractivity contribution in [2.45, 2.75) is 25.9 Å². The molecule has 78 valence electrons. The zero-order valence-electron chi connectivity index (χ0n) is 8.86. The Bertz CT molecular complexity index is 254. The minimum absolute atomic E-state index is 0.155. The smallest absolute Gasteiger partial charge is 0.0793 e. The van der Waals surface area contributed by atoms with Crippen molar-refractivity contribution in [3.8, 4) is 0 Å². The topological polar surface area (TPSA) is 29.5 Å². The van der Waals surface area contributed by atoms with E-state index in [9.17, 15) is 0 Å². The van der Waals surface area contributed by atoms with Crippen LogP contribution in [0.1, 0.15) is 30.6 Å². The molecule has 0 heterocycles. The SMILES string of the molecule is COC(C)c1ccc(CCCO)cc1. The van der Waals surface area contributed by atoms with Gasteiger partial charge in [-0.1, -0.05) is 24.3 Å². The highest BCUT2D eigenvalue weighted by Crippen LogP contribution is 2.16. The molecule has 1 rings (SSSR count). The summed E-state index contributed by atoms with van der Waals surface area (Å²) in [6, 6.07) is 8.36. The number of aliphatic hydroxyl groups excluding tert-OH is 1. The van der Waals surface area contributed by atoms with E-state index in [1.54, 1.807) is 7.11 Å². The number of aliphatic hydroxyl groups is 1. The van der Waals surface area contributed by atoms with Crippen molar-refractivity contribution in [2.75, 3.05) is 13.7 Å². The van der Waals surface area contributed by atoms with Crippen LogP contribution in [0.2, 0.25) is 0 Å². The summed E-state index contributed by atoms with van der Waals surface area (Å²) in [4.78, 5) is 0. The molecule has 0 radical (unpaired) electrons. The van der Waals surface area contributed by atoms with Gasteiger partial charge in [-0.15, -0.1) is 0 Å². The lowest BCUT2D eigenvalue weighted by atomic mass is 10.1. The fourth-order valence-corrected chi connectivity index (χ4v) is 1.37. The number of hydrogen-bond donors (Lipinski definition) is 1. The number of benzene rings is 1. The Morgan fingerprint density at radius 2 is 1.93 bits per heavy atom. The molecule has 0 aliphatic heterocycles. The second kappa shape index (κ2) is 5.78. The van der Waals surface area contributed by atoms with Crippen molar-refractivity contribution in [2.24, 2.45) is 0 Å². The molecular formula is C12H18O2. The maximum Gasteiger partial charge on any atom is 0.0793 e. The zero-order valence-corrected chi connectivity index (χ0v) is 8.86. The van der Waals surface area contributed by atoms with Gasteiger partial charge in [0.05, 0.1) is 6.10 Å². The number of methoxy groups -OCH3 is 1. The third-order valence-electron chi connectivity index (χ3n) is 2.43. The predicted molar refractivity (Wildman–Crippen MR) is 57.3 cm³/mol. The molecule has 0 amide bonds. The zero-order chi connectivity index (χ0) is 10.4.